The highest BCUT2D eigenvalue weighted by molar-refractivity contribution is 5.86. The van der Waals surface area contributed by atoms with Gasteiger partial charge in [-0.3, -0.25) is 9.59 Å². The van der Waals surface area contributed by atoms with Gasteiger partial charge in [0.1, 0.15) is 17.7 Å². The van der Waals surface area contributed by atoms with Gasteiger partial charge in [0.15, 0.2) is 0 Å². The van der Waals surface area contributed by atoms with Crippen LogP contribution in [-0.4, -0.2) is 73.9 Å². The van der Waals surface area contributed by atoms with E-state index >= 15 is 0 Å². The van der Waals surface area contributed by atoms with Gasteiger partial charge in [-0.2, -0.15) is 0 Å². The second-order valence-electron chi connectivity index (χ2n) is 15.2. The lowest BCUT2D eigenvalue weighted by Crippen LogP contribution is -2.51. The van der Waals surface area contributed by atoms with Gasteiger partial charge in [0, 0.05) is 30.1 Å². The zero-order chi connectivity index (χ0) is 38.0. The molecule has 0 unspecified atom stereocenters. The zero-order valence-corrected chi connectivity index (χ0v) is 32.0. The number of aromatic nitrogens is 4. The Balaban J connectivity index is 1.15. The van der Waals surface area contributed by atoms with Crippen molar-refractivity contribution >= 4 is 28.9 Å². The number of hydrogen-bond donors (Lipinski definition) is 3. The van der Waals surface area contributed by atoms with Gasteiger partial charge < -0.3 is 29.8 Å². The van der Waals surface area contributed by atoms with Gasteiger partial charge in [0.25, 0.3) is 0 Å². The Morgan fingerprint density at radius 2 is 1.60 bits per heavy atom. The first-order valence-corrected chi connectivity index (χ1v) is 18.6. The van der Waals surface area contributed by atoms with Crippen molar-refractivity contribution in [1.82, 2.24) is 35.1 Å². The minimum atomic E-state index is -0.685. The van der Waals surface area contributed by atoms with Crippen molar-refractivity contribution < 1.29 is 19.1 Å². The molecule has 4 heterocycles. The maximum Gasteiger partial charge on any atom is 0.407 e. The van der Waals surface area contributed by atoms with Crippen LogP contribution in [0.4, 0.5) is 4.79 Å². The van der Waals surface area contributed by atoms with Gasteiger partial charge in [-0.1, -0.05) is 64.2 Å². The number of rotatable bonds is 8. The lowest BCUT2D eigenvalue weighted by molar-refractivity contribution is -0.137. The standard InChI is InChI=1S/C42H51N7O4/c1-24(2)27(7)40(50)49-23-31(25(3)4)21-36(49)38-43-22-34(46-38)30-16-13-28(14-17-30)11-12-29-15-18-32-33(20-29)45-39(44-32)35-10-9-19-48(35)41(51)37(26(5)6)47-42(52)53-8/h13-18,20,22,24,26-27,35-37H,9-10,19,21,23H2,1-8H3,(H,43,46)(H,44,45)(H,47,52)/t27-,35-,36-,37-/m0/s1. The number of allylic oxidation sites excluding steroid dienone is 1. The Hall–Kier alpha value is -5.37. The Kier molecular flexibility index (Phi) is 11.1. The summed E-state index contributed by atoms with van der Waals surface area (Å²) in [7, 11) is 1.29. The number of nitrogens with one attached hydrogen (secondary N) is 3. The average molecular weight is 718 g/mol. The van der Waals surface area contributed by atoms with Gasteiger partial charge >= 0.3 is 6.09 Å². The van der Waals surface area contributed by atoms with Crippen LogP contribution in [0.25, 0.3) is 22.3 Å². The number of methoxy groups -OCH3 is 1. The van der Waals surface area contributed by atoms with Crippen LogP contribution in [-0.2, 0) is 14.3 Å². The molecule has 2 aliphatic heterocycles. The number of likely N-dealkylation sites (tertiary alicyclic amines) is 2. The summed E-state index contributed by atoms with van der Waals surface area (Å²) in [5.74, 6) is 8.24. The average Bonchev–Trinajstić information content (AvgIpc) is 3.97. The monoisotopic (exact) mass is 717 g/mol. The van der Waals surface area contributed by atoms with E-state index < -0.39 is 12.1 Å². The number of amides is 3. The Morgan fingerprint density at radius 3 is 2.28 bits per heavy atom. The molecule has 53 heavy (non-hydrogen) atoms. The predicted octanol–water partition coefficient (Wildman–Crippen LogP) is 7.30. The van der Waals surface area contributed by atoms with E-state index in [2.05, 4.69) is 54.8 Å². The molecule has 3 amide bonds. The number of carbonyl (C=O) groups is 3. The number of carbonyl (C=O) groups excluding carboxylic acids is 3. The van der Waals surface area contributed by atoms with E-state index in [0.717, 1.165) is 64.3 Å². The van der Waals surface area contributed by atoms with Crippen LogP contribution in [0.5, 0.6) is 0 Å². The second-order valence-corrected chi connectivity index (χ2v) is 15.2. The molecule has 0 saturated carbocycles. The molecule has 11 heteroatoms. The Morgan fingerprint density at radius 1 is 0.887 bits per heavy atom. The quantitative estimate of drug-likeness (QED) is 0.129. The van der Waals surface area contributed by atoms with E-state index in [9.17, 15) is 14.4 Å². The highest BCUT2D eigenvalue weighted by Crippen LogP contribution is 2.38. The highest BCUT2D eigenvalue weighted by atomic mass is 16.5. The zero-order valence-electron chi connectivity index (χ0n) is 32.0. The van der Waals surface area contributed by atoms with Crippen LogP contribution in [0, 0.1) is 29.6 Å². The molecule has 0 bridgehead atoms. The number of fused-ring (bicyclic) bond motifs is 1. The minimum absolute atomic E-state index is 0.0574. The number of hydrogen-bond acceptors (Lipinski definition) is 6. The SMILES string of the molecule is COC(=O)N[C@H](C(=O)N1CCC[C@H]1c1nc2ccc(C#Cc3ccc(-c4cnc([C@@H]5CC(=C(C)C)CN5C(=O)[C@@H](C)C(C)C)[nH]4)cc3)cc2[nH]1)C(C)C. The smallest absolute Gasteiger partial charge is 0.407 e. The van der Waals surface area contributed by atoms with E-state index in [0.29, 0.717) is 13.1 Å². The van der Waals surface area contributed by atoms with Crippen molar-refractivity contribution in [2.45, 2.75) is 85.9 Å². The summed E-state index contributed by atoms with van der Waals surface area (Å²) >= 11 is 0. The van der Waals surface area contributed by atoms with Crippen LogP contribution >= 0.6 is 0 Å². The lowest BCUT2D eigenvalue weighted by atomic mass is 9.96. The van der Waals surface area contributed by atoms with E-state index in [4.69, 9.17) is 14.7 Å². The van der Waals surface area contributed by atoms with E-state index in [1.165, 1.54) is 18.3 Å². The summed E-state index contributed by atoms with van der Waals surface area (Å²) < 4.78 is 4.76. The lowest BCUT2D eigenvalue weighted by Gasteiger charge is -2.29. The fourth-order valence-corrected chi connectivity index (χ4v) is 7.10. The molecular weight excluding hydrogens is 667 g/mol. The van der Waals surface area contributed by atoms with Crippen molar-refractivity contribution in [2.24, 2.45) is 17.8 Å². The molecule has 2 aromatic carbocycles. The second kappa shape index (κ2) is 15.7. The fraction of sp³-hybridized carbons (Fsp3) is 0.452. The number of nitrogens with zero attached hydrogens (tertiary/aromatic N) is 4. The van der Waals surface area contributed by atoms with Gasteiger partial charge in [0.2, 0.25) is 11.8 Å². The van der Waals surface area contributed by atoms with Gasteiger partial charge in [0.05, 0.1) is 42.1 Å². The molecule has 0 radical (unpaired) electrons. The molecule has 11 nitrogen and oxygen atoms in total. The maximum absolute atomic E-state index is 13.5. The van der Waals surface area contributed by atoms with Crippen LogP contribution in [0.15, 0.2) is 59.8 Å². The van der Waals surface area contributed by atoms with Crippen molar-refractivity contribution in [3.63, 3.8) is 0 Å². The van der Waals surface area contributed by atoms with Gasteiger partial charge in [-0.15, -0.1) is 0 Å². The molecule has 2 fully saturated rings. The van der Waals surface area contributed by atoms with E-state index in [-0.39, 0.29) is 41.7 Å². The third-order valence-corrected chi connectivity index (χ3v) is 10.8. The fourth-order valence-electron chi connectivity index (χ4n) is 7.10. The summed E-state index contributed by atoms with van der Waals surface area (Å²) in [5.41, 5.74) is 7.83. The Labute approximate surface area is 312 Å². The van der Waals surface area contributed by atoms with Crippen LogP contribution in [0.1, 0.15) is 103 Å². The Bertz CT molecular complexity index is 2080. The molecule has 4 atom stereocenters. The topological polar surface area (TPSA) is 136 Å². The summed E-state index contributed by atoms with van der Waals surface area (Å²) in [4.78, 5) is 59.3. The number of benzene rings is 2. The van der Waals surface area contributed by atoms with E-state index in [1.54, 1.807) is 0 Å². The largest absolute Gasteiger partial charge is 0.453 e. The first-order chi connectivity index (χ1) is 25.3. The third-order valence-electron chi connectivity index (χ3n) is 10.8. The van der Waals surface area contributed by atoms with Crippen molar-refractivity contribution in [3.8, 4) is 23.1 Å². The highest BCUT2D eigenvalue weighted by Gasteiger charge is 2.39. The van der Waals surface area contributed by atoms with Gasteiger partial charge in [-0.05, 0) is 86.4 Å². The summed E-state index contributed by atoms with van der Waals surface area (Å²) in [6.45, 7) is 15.5. The molecule has 2 aromatic heterocycles. The first-order valence-electron chi connectivity index (χ1n) is 18.6. The maximum atomic E-state index is 13.5. The normalized spacial score (nSPS) is 18.3. The number of ether oxygens (including phenoxy) is 1. The van der Waals surface area contributed by atoms with Crippen LogP contribution in [0.2, 0.25) is 0 Å². The summed E-state index contributed by atoms with van der Waals surface area (Å²) in [5, 5.41) is 2.70. The molecule has 2 aliphatic rings. The third kappa shape index (κ3) is 8.02. The minimum Gasteiger partial charge on any atom is -0.453 e. The summed E-state index contributed by atoms with van der Waals surface area (Å²) in [6, 6.07) is 12.9. The number of aromatic amines is 2. The number of imidazole rings is 2. The molecule has 6 rings (SSSR count). The van der Waals surface area contributed by atoms with Gasteiger partial charge in [-0.25, -0.2) is 14.8 Å². The van der Waals surface area contributed by atoms with Crippen LogP contribution < -0.4 is 5.32 Å². The molecule has 0 aliphatic carbocycles. The number of alkyl carbamates (subject to hydrolysis) is 1. The molecule has 2 saturated heterocycles. The number of H-pyrrole nitrogens is 2. The summed E-state index contributed by atoms with van der Waals surface area (Å²) in [6.07, 6.45) is 3.65. The molecular formula is C42H51N7O4. The van der Waals surface area contributed by atoms with E-state index in [1.807, 2.05) is 79.2 Å². The predicted molar refractivity (Wildman–Crippen MR) is 205 cm³/mol. The van der Waals surface area contributed by atoms with Crippen molar-refractivity contribution in [1.29, 1.82) is 0 Å². The van der Waals surface area contributed by atoms with Crippen molar-refractivity contribution in [2.75, 3.05) is 20.2 Å². The molecule has 4 aromatic rings. The first kappa shape index (κ1) is 37.4. The molecule has 278 valence electrons. The van der Waals surface area contributed by atoms with Crippen molar-refractivity contribution in [3.05, 3.63) is 82.6 Å². The van der Waals surface area contributed by atoms with Crippen LogP contribution in [0.3, 0.4) is 0 Å². The molecule has 3 N–H and O–H groups in total. The molecule has 0 spiro atoms.